The zero-order valence-electron chi connectivity index (χ0n) is 61.0. The number of ether oxygens (including phenoxy) is 1. The molecule has 0 spiro atoms. The van der Waals surface area contributed by atoms with Crippen LogP contribution >= 0.6 is 11.5 Å². The van der Waals surface area contributed by atoms with Crippen LogP contribution in [0.15, 0.2) is 197 Å². The number of hydrogen-bond donors (Lipinski definition) is 2. The smallest absolute Gasteiger partial charge is 0.331 e. The topological polar surface area (TPSA) is 269 Å². The van der Waals surface area contributed by atoms with E-state index in [9.17, 15) is 39.0 Å². The summed E-state index contributed by atoms with van der Waals surface area (Å²) >= 11 is 1.43. The number of aryl methyl sites for hydroxylation is 6. The molecule has 1 fully saturated rings. The number of pyridine rings is 1. The summed E-state index contributed by atoms with van der Waals surface area (Å²) in [6.45, 7) is 15.3. The van der Waals surface area contributed by atoms with E-state index < -0.39 is 30.1 Å². The standard InChI is InChI=1S/C30H31N5O3.C28H29N5O3.C25H22N4O3S/c1-4-38-26(36)15-24(20-10-6-5-7-11-20)35-29-25(16-31-28(32-29)21-13-14-21)34(30(35)37)18-22-17-33(3)23-12-8-9-19(2)27(22)23;1-17(2)26-29-14-23-27(30-26)33(22(13-24(34)35)19-10-6-5-7-11-19)28(36)32(23)16-20-15-31(4)21-12-8-9-18(3)25(20)21;1-15-10-16(2)24-18(27-33-22(24)11-15)14-28-21-13-26-9-8-19(21)29(25(28)32)20(12-23(30)31)17-6-4-3-5-7-17/h5-12,16-17,21,24H,4,13-15,18H2,1-3H3;5-12,14-15,17,22H,13,16H2,1-4H3,(H,34,35);3-11,13,20H,12,14H2,1-2H3,(H,30,31)/t24-;22-;20-/m111/s1. The Hall–Kier alpha value is -12.2. The van der Waals surface area contributed by atoms with Crippen LogP contribution in [0.3, 0.4) is 0 Å². The van der Waals surface area contributed by atoms with E-state index in [4.69, 9.17) is 14.7 Å². The Bertz CT molecular complexity index is 6070. The van der Waals surface area contributed by atoms with Crippen molar-refractivity contribution in [1.29, 1.82) is 0 Å². The number of carboxylic acids is 2. The van der Waals surface area contributed by atoms with E-state index in [-0.39, 0.29) is 61.4 Å². The van der Waals surface area contributed by atoms with Gasteiger partial charge in [0.15, 0.2) is 11.3 Å². The molecule has 16 rings (SSSR count). The summed E-state index contributed by atoms with van der Waals surface area (Å²) < 4.78 is 25.1. The van der Waals surface area contributed by atoms with Gasteiger partial charge in [0.25, 0.3) is 0 Å². The van der Waals surface area contributed by atoms with Crippen molar-refractivity contribution in [3.63, 3.8) is 0 Å². The summed E-state index contributed by atoms with van der Waals surface area (Å²) in [5.74, 6) is -0.565. The second-order valence-corrected chi connectivity index (χ2v) is 28.7. The van der Waals surface area contributed by atoms with Gasteiger partial charge in [-0.1, -0.05) is 135 Å². The van der Waals surface area contributed by atoms with Crippen molar-refractivity contribution < 1.29 is 29.3 Å². The Morgan fingerprint density at radius 3 is 1.54 bits per heavy atom. The Morgan fingerprint density at radius 1 is 0.533 bits per heavy atom. The molecule has 6 aromatic carbocycles. The van der Waals surface area contributed by atoms with E-state index in [1.165, 1.54) is 21.7 Å². The number of hydrogen-bond acceptors (Lipinski definition) is 14. The summed E-state index contributed by atoms with van der Waals surface area (Å²) in [4.78, 5) is 102. The molecule has 107 heavy (non-hydrogen) atoms. The highest BCUT2D eigenvalue weighted by molar-refractivity contribution is 7.13. The van der Waals surface area contributed by atoms with Crippen molar-refractivity contribution in [3.05, 3.63) is 282 Å². The molecule has 23 nitrogen and oxygen atoms in total. The van der Waals surface area contributed by atoms with Crippen LogP contribution in [-0.2, 0) is 52.9 Å². The van der Waals surface area contributed by atoms with Crippen molar-refractivity contribution in [2.45, 2.75) is 130 Å². The van der Waals surface area contributed by atoms with Crippen LogP contribution in [0.25, 0.3) is 65.3 Å². The number of esters is 1. The zero-order valence-corrected chi connectivity index (χ0v) is 61.8. The van der Waals surface area contributed by atoms with E-state index in [0.717, 1.165) is 101 Å². The number of benzene rings is 6. The van der Waals surface area contributed by atoms with E-state index >= 15 is 0 Å². The molecule has 24 heteroatoms. The average molecular weight is 1450 g/mol. The highest BCUT2D eigenvalue weighted by atomic mass is 32.1. The summed E-state index contributed by atoms with van der Waals surface area (Å²) in [6, 6.07) is 44.7. The lowest BCUT2D eigenvalue weighted by Gasteiger charge is -2.18. The maximum Gasteiger partial charge on any atom is 0.331 e. The van der Waals surface area contributed by atoms with E-state index in [1.807, 2.05) is 137 Å². The summed E-state index contributed by atoms with van der Waals surface area (Å²) in [5, 5.41) is 22.7. The quantitative estimate of drug-likeness (QED) is 0.0633. The average Bonchev–Trinajstić information content (AvgIpc) is 1.60. The molecule has 3 atom stereocenters. The fraction of sp³-hybridized carbons (Fsp3) is 0.277. The van der Waals surface area contributed by atoms with Crippen molar-refractivity contribution >= 4 is 94.7 Å². The van der Waals surface area contributed by atoms with E-state index in [2.05, 4.69) is 98.7 Å². The predicted molar refractivity (Wildman–Crippen MR) is 415 cm³/mol. The van der Waals surface area contributed by atoms with Crippen LogP contribution in [-0.4, -0.2) is 101 Å². The number of imidazole rings is 3. The molecule has 0 radical (unpaired) electrons. The van der Waals surface area contributed by atoms with Crippen LogP contribution in [0.5, 0.6) is 0 Å². The van der Waals surface area contributed by atoms with Crippen LogP contribution in [0.1, 0.15) is 150 Å². The predicted octanol–water partition coefficient (Wildman–Crippen LogP) is 14.0. The number of carbonyl (C=O) groups excluding carboxylic acids is 1. The van der Waals surface area contributed by atoms with Crippen molar-refractivity contribution in [1.82, 2.24) is 65.8 Å². The zero-order chi connectivity index (χ0) is 75.1. The highest BCUT2D eigenvalue weighted by Gasteiger charge is 2.33. The third-order valence-corrected chi connectivity index (χ3v) is 20.9. The molecule has 0 amide bonds. The van der Waals surface area contributed by atoms with Crippen LogP contribution in [0.2, 0.25) is 0 Å². The number of carbonyl (C=O) groups is 3. The molecule has 0 unspecified atom stereocenters. The minimum atomic E-state index is -0.987. The lowest BCUT2D eigenvalue weighted by atomic mass is 10.0. The minimum Gasteiger partial charge on any atom is -0.481 e. The fourth-order valence-corrected chi connectivity index (χ4v) is 16.0. The number of aromatic nitrogens is 14. The number of nitrogens with zero attached hydrogens (tertiary/aromatic N) is 14. The van der Waals surface area contributed by atoms with Gasteiger partial charge in [0.2, 0.25) is 0 Å². The molecule has 1 aliphatic rings. The van der Waals surface area contributed by atoms with Gasteiger partial charge < -0.3 is 24.1 Å². The van der Waals surface area contributed by atoms with Gasteiger partial charge in [-0.05, 0) is 133 Å². The Kier molecular flexibility index (Phi) is 20.2. The number of fused-ring (bicyclic) bond motifs is 6. The van der Waals surface area contributed by atoms with Crippen LogP contribution in [0, 0.1) is 27.7 Å². The number of rotatable bonds is 21. The summed E-state index contributed by atoms with van der Waals surface area (Å²) in [6.07, 6.45) is 12.6. The lowest BCUT2D eigenvalue weighted by Crippen LogP contribution is -2.30. The molecule has 1 aliphatic carbocycles. The van der Waals surface area contributed by atoms with Gasteiger partial charge in [-0.25, -0.2) is 34.3 Å². The molecule has 9 heterocycles. The van der Waals surface area contributed by atoms with Crippen LogP contribution in [0.4, 0.5) is 0 Å². The monoisotopic (exact) mass is 1450 g/mol. The molecule has 0 bridgehead atoms. The first kappa shape index (κ1) is 71.8. The first-order chi connectivity index (χ1) is 51.6. The highest BCUT2D eigenvalue weighted by Crippen LogP contribution is 2.39. The van der Waals surface area contributed by atoms with Crippen molar-refractivity contribution in [2.75, 3.05) is 6.61 Å². The Balaban J connectivity index is 0.000000135. The first-order valence-electron chi connectivity index (χ1n) is 35.8. The molecular weight excluding hydrogens is 1370 g/mol. The van der Waals surface area contributed by atoms with Crippen molar-refractivity contribution in [2.24, 2.45) is 14.1 Å². The van der Waals surface area contributed by atoms with Gasteiger partial charge in [-0.2, -0.15) is 4.37 Å². The molecule has 2 N–H and O–H groups in total. The van der Waals surface area contributed by atoms with Gasteiger partial charge >= 0.3 is 35.0 Å². The number of aliphatic carboxylic acids is 2. The third kappa shape index (κ3) is 14.2. The largest absolute Gasteiger partial charge is 0.481 e. The van der Waals surface area contributed by atoms with Crippen LogP contribution < -0.4 is 17.1 Å². The second-order valence-electron chi connectivity index (χ2n) is 27.9. The van der Waals surface area contributed by atoms with Gasteiger partial charge in [-0.15, -0.1) is 0 Å². The molecule has 544 valence electrons. The molecule has 0 aliphatic heterocycles. The first-order valence-corrected chi connectivity index (χ1v) is 36.6. The second kappa shape index (κ2) is 30.1. The minimum absolute atomic E-state index is 0.0347. The third-order valence-electron chi connectivity index (χ3n) is 20.1. The SMILES string of the molecule is CCOC(=O)C[C@H](c1ccccc1)n1c(=O)n(Cc2cn(C)c3cccc(C)c23)c2cnc(C3CC3)nc21.Cc1cc(C)c2c(Cn3c(=O)n([C@H](CC(=O)O)c4ccccc4)c4ccncc43)nsc2c1.Cc1cccc2c1c(Cn1c(=O)n([C@H](CC(=O)O)c3ccccc3)c3nc(C(C)C)ncc31)cn2C. The lowest BCUT2D eigenvalue weighted by molar-refractivity contribution is -0.144. The van der Waals surface area contributed by atoms with E-state index in [0.29, 0.717) is 58.2 Å². The Morgan fingerprint density at radius 2 is 1.03 bits per heavy atom. The molecule has 9 aromatic heterocycles. The van der Waals surface area contributed by atoms with Gasteiger partial charge in [0.05, 0.1) is 104 Å². The molecular formula is C83H82N14O9S. The van der Waals surface area contributed by atoms with E-state index in [1.54, 1.807) is 60.6 Å². The molecule has 1 saturated carbocycles. The molecule has 15 aromatic rings. The number of carboxylic acid groups (broad SMARTS) is 2. The van der Waals surface area contributed by atoms with Gasteiger partial charge in [0, 0.05) is 71.7 Å². The molecule has 0 saturated heterocycles. The maximum absolute atomic E-state index is 14.3. The summed E-state index contributed by atoms with van der Waals surface area (Å²) in [5.41, 5.74) is 14.8. The Labute approximate surface area is 619 Å². The maximum atomic E-state index is 14.3. The van der Waals surface area contributed by atoms with Gasteiger partial charge in [0.1, 0.15) is 22.7 Å². The van der Waals surface area contributed by atoms with Crippen molar-refractivity contribution in [3.8, 4) is 0 Å². The normalized spacial score (nSPS) is 13.1. The van der Waals surface area contributed by atoms with Gasteiger partial charge in [-0.3, -0.25) is 46.8 Å². The summed E-state index contributed by atoms with van der Waals surface area (Å²) in [7, 11) is 4.01. The fourth-order valence-electron chi connectivity index (χ4n) is 15.0.